The highest BCUT2D eigenvalue weighted by atomic mass is 16.4. The van der Waals surface area contributed by atoms with Crippen LogP contribution in [0, 0.1) is 5.92 Å². The van der Waals surface area contributed by atoms with Gasteiger partial charge in [-0.25, -0.2) is 0 Å². The number of carbonyl (C=O) groups is 1. The zero-order valence-corrected chi connectivity index (χ0v) is 6.84. The predicted octanol–water partition coefficient (Wildman–Crippen LogP) is 0.979. The molecule has 1 aliphatic rings. The lowest BCUT2D eigenvalue weighted by molar-refractivity contribution is -0.145. The van der Waals surface area contributed by atoms with Gasteiger partial charge in [-0.15, -0.1) is 0 Å². The average Bonchev–Trinajstić information content (AvgIpc) is 1.86. The van der Waals surface area contributed by atoms with Gasteiger partial charge in [-0.05, 0) is 18.8 Å². The first-order valence-corrected chi connectivity index (χ1v) is 4.07. The lowest BCUT2D eigenvalue weighted by Gasteiger charge is -2.32. The van der Waals surface area contributed by atoms with Crippen LogP contribution in [0.4, 0.5) is 0 Å². The van der Waals surface area contributed by atoms with Crippen molar-refractivity contribution >= 4 is 5.97 Å². The summed E-state index contributed by atoms with van der Waals surface area (Å²) in [7, 11) is 0. The van der Waals surface area contributed by atoms with Crippen LogP contribution in [0.1, 0.15) is 32.6 Å². The highest BCUT2D eigenvalue weighted by Gasteiger charge is 2.37. The Hall–Kier alpha value is -0.570. The second kappa shape index (κ2) is 2.81. The topological polar surface area (TPSA) is 63.3 Å². The van der Waals surface area contributed by atoms with E-state index in [1.165, 1.54) is 0 Å². The molecule has 0 spiro atoms. The Balaban J connectivity index is 2.63. The van der Waals surface area contributed by atoms with Crippen LogP contribution in [0.3, 0.4) is 0 Å². The minimum absolute atomic E-state index is 0.463. The van der Waals surface area contributed by atoms with E-state index in [1.54, 1.807) is 0 Å². The van der Waals surface area contributed by atoms with Crippen molar-refractivity contribution in [1.29, 1.82) is 0 Å². The van der Waals surface area contributed by atoms with Crippen molar-refractivity contribution in [3.05, 3.63) is 0 Å². The van der Waals surface area contributed by atoms with E-state index < -0.39 is 11.5 Å². The third kappa shape index (κ3) is 1.71. The fraction of sp³-hybridized carbons (Fsp3) is 0.875. The second-order valence-electron chi connectivity index (χ2n) is 3.66. The lowest BCUT2D eigenvalue weighted by atomic mass is 9.77. The van der Waals surface area contributed by atoms with Gasteiger partial charge in [0.2, 0.25) is 0 Å². The lowest BCUT2D eigenvalue weighted by Crippen LogP contribution is -2.50. The molecule has 0 heterocycles. The van der Waals surface area contributed by atoms with Gasteiger partial charge in [-0.2, -0.15) is 0 Å². The Morgan fingerprint density at radius 1 is 1.73 bits per heavy atom. The molecule has 0 aromatic heterocycles. The molecule has 1 fully saturated rings. The number of hydrogen-bond donors (Lipinski definition) is 2. The number of nitrogens with two attached hydrogens (primary N) is 1. The largest absolute Gasteiger partial charge is 0.480 e. The molecule has 3 heteroatoms. The van der Waals surface area contributed by atoms with Gasteiger partial charge in [0, 0.05) is 0 Å². The molecule has 0 aromatic rings. The molecule has 1 unspecified atom stereocenters. The summed E-state index contributed by atoms with van der Waals surface area (Å²) in [5.41, 5.74) is 4.76. The maximum atomic E-state index is 10.7. The van der Waals surface area contributed by atoms with Crippen molar-refractivity contribution in [2.24, 2.45) is 11.7 Å². The Bertz CT molecular complexity index is 169. The zero-order valence-electron chi connectivity index (χ0n) is 6.84. The molecule has 1 aliphatic carbocycles. The number of aliphatic carboxylic acids is 1. The van der Waals surface area contributed by atoms with Crippen molar-refractivity contribution in [3.63, 3.8) is 0 Å². The molecule has 3 nitrogen and oxygen atoms in total. The molecule has 1 saturated carbocycles. The third-order valence-corrected chi connectivity index (χ3v) is 2.46. The molecule has 0 bridgehead atoms. The fourth-order valence-corrected chi connectivity index (χ4v) is 1.79. The second-order valence-corrected chi connectivity index (χ2v) is 3.66. The Labute approximate surface area is 66.6 Å². The molecule has 2 atom stereocenters. The van der Waals surface area contributed by atoms with Crippen molar-refractivity contribution in [1.82, 2.24) is 0 Å². The molecule has 0 saturated heterocycles. The normalized spacial score (nSPS) is 38.5. The fourth-order valence-electron chi connectivity index (χ4n) is 1.79. The van der Waals surface area contributed by atoms with Crippen molar-refractivity contribution in [2.75, 3.05) is 0 Å². The van der Waals surface area contributed by atoms with E-state index in [9.17, 15) is 4.79 Å². The molecule has 11 heavy (non-hydrogen) atoms. The van der Waals surface area contributed by atoms with Crippen molar-refractivity contribution in [3.8, 4) is 0 Å². The zero-order chi connectivity index (χ0) is 8.48. The summed E-state index contributed by atoms with van der Waals surface area (Å²) < 4.78 is 0. The van der Waals surface area contributed by atoms with Gasteiger partial charge in [0.1, 0.15) is 5.54 Å². The van der Waals surface area contributed by atoms with Crippen LogP contribution in [0.25, 0.3) is 0 Å². The molecule has 3 N–H and O–H groups in total. The van der Waals surface area contributed by atoms with E-state index in [0.29, 0.717) is 18.8 Å². The van der Waals surface area contributed by atoms with Gasteiger partial charge >= 0.3 is 5.97 Å². The highest BCUT2D eigenvalue weighted by molar-refractivity contribution is 5.78. The first kappa shape index (κ1) is 8.53. The number of carboxylic acids is 1. The molecule has 0 radical (unpaired) electrons. The van der Waals surface area contributed by atoms with Crippen LogP contribution in [0.15, 0.2) is 0 Å². The molecule has 0 aliphatic heterocycles. The van der Waals surface area contributed by atoms with E-state index in [4.69, 9.17) is 10.8 Å². The minimum atomic E-state index is -0.933. The van der Waals surface area contributed by atoms with Gasteiger partial charge in [-0.3, -0.25) is 4.79 Å². The van der Waals surface area contributed by atoms with E-state index in [-0.39, 0.29) is 0 Å². The highest BCUT2D eigenvalue weighted by Crippen LogP contribution is 2.30. The Morgan fingerprint density at radius 2 is 2.36 bits per heavy atom. The van der Waals surface area contributed by atoms with E-state index in [1.807, 2.05) is 0 Å². The van der Waals surface area contributed by atoms with Crippen LogP contribution in [0.2, 0.25) is 0 Å². The van der Waals surface area contributed by atoms with Crippen LogP contribution in [0.5, 0.6) is 0 Å². The monoisotopic (exact) mass is 157 g/mol. The van der Waals surface area contributed by atoms with Gasteiger partial charge in [-0.1, -0.05) is 19.8 Å². The van der Waals surface area contributed by atoms with Crippen LogP contribution < -0.4 is 5.73 Å². The number of hydrogen-bond acceptors (Lipinski definition) is 2. The predicted molar refractivity (Wildman–Crippen MR) is 42.2 cm³/mol. The van der Waals surface area contributed by atoms with Crippen LogP contribution >= 0.6 is 0 Å². The van der Waals surface area contributed by atoms with Crippen LogP contribution in [-0.4, -0.2) is 16.6 Å². The quantitative estimate of drug-likeness (QED) is 0.596. The van der Waals surface area contributed by atoms with Gasteiger partial charge < -0.3 is 10.8 Å². The summed E-state index contributed by atoms with van der Waals surface area (Å²) >= 11 is 0. The summed E-state index contributed by atoms with van der Waals surface area (Å²) in [5, 5.41) is 8.79. The summed E-state index contributed by atoms with van der Waals surface area (Å²) in [4.78, 5) is 10.7. The maximum absolute atomic E-state index is 10.7. The molecule has 0 aromatic carbocycles. The van der Waals surface area contributed by atoms with E-state index in [0.717, 1.165) is 12.8 Å². The van der Waals surface area contributed by atoms with Crippen molar-refractivity contribution in [2.45, 2.75) is 38.1 Å². The van der Waals surface area contributed by atoms with Gasteiger partial charge in [0.15, 0.2) is 0 Å². The van der Waals surface area contributed by atoms with E-state index >= 15 is 0 Å². The molecule has 1 rings (SSSR count). The summed E-state index contributed by atoms with van der Waals surface area (Å²) in [6.07, 6.45) is 3.32. The first-order valence-electron chi connectivity index (χ1n) is 4.07. The maximum Gasteiger partial charge on any atom is 0.323 e. The minimum Gasteiger partial charge on any atom is -0.480 e. The van der Waals surface area contributed by atoms with Crippen molar-refractivity contribution < 1.29 is 9.90 Å². The summed E-state index contributed by atoms with van der Waals surface area (Å²) in [6, 6.07) is 0. The standard InChI is InChI=1S/C8H15NO2/c1-6-3-2-4-8(9,5-6)7(10)11/h6H,2-5,9H2,1H3,(H,10,11)/t6?,8-/m1/s1. The van der Waals surface area contributed by atoms with Crippen LogP contribution in [-0.2, 0) is 4.79 Å². The summed E-state index contributed by atoms with van der Waals surface area (Å²) in [6.45, 7) is 2.06. The number of rotatable bonds is 1. The SMILES string of the molecule is CC1CCC[C@](N)(C(=O)O)C1. The third-order valence-electron chi connectivity index (χ3n) is 2.46. The average molecular weight is 157 g/mol. The number of carboxylic acid groups (broad SMARTS) is 1. The van der Waals surface area contributed by atoms with Gasteiger partial charge in [0.25, 0.3) is 0 Å². The smallest absolute Gasteiger partial charge is 0.323 e. The molecular formula is C8H15NO2. The Kier molecular flexibility index (Phi) is 2.18. The molecule has 0 amide bonds. The van der Waals surface area contributed by atoms with E-state index in [2.05, 4.69) is 6.92 Å². The van der Waals surface area contributed by atoms with Gasteiger partial charge in [0.05, 0.1) is 0 Å². The first-order chi connectivity index (χ1) is 5.04. The summed E-state index contributed by atoms with van der Waals surface area (Å²) in [5.74, 6) is -0.381. The molecule has 64 valence electrons. The Morgan fingerprint density at radius 3 is 2.73 bits per heavy atom. The molecular weight excluding hydrogens is 142 g/mol.